The standard InChI is InChI=1S/C16H9BrFNO/c17-13-4-3-10-7-12(2-1-11(10)8-13)16(20)14-5-6-19-9-15(14)18/h1-9H. The van der Waals surface area contributed by atoms with Crippen LogP contribution < -0.4 is 0 Å². The fraction of sp³-hybridized carbons (Fsp3) is 0. The third-order valence-electron chi connectivity index (χ3n) is 3.08. The summed E-state index contributed by atoms with van der Waals surface area (Å²) in [6.07, 6.45) is 2.46. The Kier molecular flexibility index (Phi) is 3.32. The molecule has 0 saturated heterocycles. The minimum absolute atomic E-state index is 0.0384. The van der Waals surface area contributed by atoms with Crippen LogP contribution in [-0.2, 0) is 0 Å². The number of ketones is 1. The van der Waals surface area contributed by atoms with Gasteiger partial charge >= 0.3 is 0 Å². The van der Waals surface area contributed by atoms with Gasteiger partial charge in [0.25, 0.3) is 0 Å². The lowest BCUT2D eigenvalue weighted by atomic mass is 10.0. The second-order valence-corrected chi connectivity index (χ2v) is 5.31. The summed E-state index contributed by atoms with van der Waals surface area (Å²) in [6.45, 7) is 0. The molecule has 98 valence electrons. The summed E-state index contributed by atoms with van der Waals surface area (Å²) in [5.41, 5.74) is 0.501. The molecule has 0 N–H and O–H groups in total. The molecule has 1 heterocycles. The molecule has 0 unspecified atom stereocenters. The van der Waals surface area contributed by atoms with Crippen LogP contribution in [0.25, 0.3) is 10.8 Å². The molecule has 0 bridgehead atoms. The molecule has 0 aliphatic rings. The molecule has 20 heavy (non-hydrogen) atoms. The molecule has 0 atom stereocenters. The van der Waals surface area contributed by atoms with Crippen molar-refractivity contribution in [2.24, 2.45) is 0 Å². The zero-order chi connectivity index (χ0) is 14.1. The maximum Gasteiger partial charge on any atom is 0.196 e. The Morgan fingerprint density at radius 2 is 1.80 bits per heavy atom. The van der Waals surface area contributed by atoms with E-state index in [1.807, 2.05) is 24.3 Å². The van der Waals surface area contributed by atoms with Gasteiger partial charge in [0.05, 0.1) is 11.8 Å². The van der Waals surface area contributed by atoms with Crippen LogP contribution in [-0.4, -0.2) is 10.8 Å². The molecule has 0 saturated carbocycles. The van der Waals surface area contributed by atoms with Gasteiger partial charge in [-0.3, -0.25) is 9.78 Å². The molecule has 0 aliphatic carbocycles. The topological polar surface area (TPSA) is 30.0 Å². The maximum absolute atomic E-state index is 13.6. The van der Waals surface area contributed by atoms with Crippen molar-refractivity contribution in [1.82, 2.24) is 4.98 Å². The lowest BCUT2D eigenvalue weighted by Gasteiger charge is -2.04. The van der Waals surface area contributed by atoms with Gasteiger partial charge in [-0.2, -0.15) is 0 Å². The number of halogens is 2. The molecule has 3 aromatic rings. The van der Waals surface area contributed by atoms with Crippen molar-refractivity contribution >= 4 is 32.5 Å². The van der Waals surface area contributed by atoms with E-state index < -0.39 is 5.82 Å². The van der Waals surface area contributed by atoms with E-state index in [-0.39, 0.29) is 11.3 Å². The number of carbonyl (C=O) groups is 1. The highest BCUT2D eigenvalue weighted by Gasteiger charge is 2.14. The summed E-state index contributed by atoms with van der Waals surface area (Å²) in [5, 5.41) is 1.96. The number of hydrogen-bond acceptors (Lipinski definition) is 2. The van der Waals surface area contributed by atoms with Gasteiger partial charge < -0.3 is 0 Å². The van der Waals surface area contributed by atoms with Crippen molar-refractivity contribution < 1.29 is 9.18 Å². The quantitative estimate of drug-likeness (QED) is 0.653. The summed E-state index contributed by atoms with van der Waals surface area (Å²) in [5.74, 6) is -0.942. The van der Waals surface area contributed by atoms with Crippen LogP contribution in [0.5, 0.6) is 0 Å². The van der Waals surface area contributed by atoms with Crippen molar-refractivity contribution in [1.29, 1.82) is 0 Å². The average Bonchev–Trinajstić information content (AvgIpc) is 2.46. The van der Waals surface area contributed by atoms with Crippen LogP contribution >= 0.6 is 15.9 Å². The average molecular weight is 330 g/mol. The monoisotopic (exact) mass is 329 g/mol. The lowest BCUT2D eigenvalue weighted by Crippen LogP contribution is -2.04. The van der Waals surface area contributed by atoms with E-state index >= 15 is 0 Å². The van der Waals surface area contributed by atoms with Crippen LogP contribution in [0.4, 0.5) is 4.39 Å². The molecule has 2 nitrogen and oxygen atoms in total. The van der Waals surface area contributed by atoms with E-state index in [0.29, 0.717) is 5.56 Å². The first kappa shape index (κ1) is 12.9. The zero-order valence-electron chi connectivity index (χ0n) is 10.3. The van der Waals surface area contributed by atoms with Gasteiger partial charge in [0.15, 0.2) is 11.6 Å². The molecule has 0 aliphatic heterocycles. The largest absolute Gasteiger partial charge is 0.288 e. The number of pyridine rings is 1. The minimum Gasteiger partial charge on any atom is -0.288 e. The number of rotatable bonds is 2. The molecule has 1 aromatic heterocycles. The smallest absolute Gasteiger partial charge is 0.196 e. The van der Waals surface area contributed by atoms with E-state index in [2.05, 4.69) is 20.9 Å². The van der Waals surface area contributed by atoms with Gasteiger partial charge in [-0.25, -0.2) is 4.39 Å². The first-order chi connectivity index (χ1) is 9.65. The highest BCUT2D eigenvalue weighted by molar-refractivity contribution is 9.10. The van der Waals surface area contributed by atoms with E-state index in [9.17, 15) is 9.18 Å². The van der Waals surface area contributed by atoms with Crippen LogP contribution in [0, 0.1) is 5.82 Å². The Morgan fingerprint density at radius 3 is 2.60 bits per heavy atom. The Hall–Kier alpha value is -2.07. The van der Waals surface area contributed by atoms with Crippen molar-refractivity contribution in [2.45, 2.75) is 0 Å². The summed E-state index contributed by atoms with van der Waals surface area (Å²) in [6, 6.07) is 12.5. The Labute approximate surface area is 123 Å². The van der Waals surface area contributed by atoms with Gasteiger partial charge in [0, 0.05) is 16.2 Å². The highest BCUT2D eigenvalue weighted by atomic mass is 79.9. The van der Waals surface area contributed by atoms with Crippen LogP contribution in [0.3, 0.4) is 0 Å². The van der Waals surface area contributed by atoms with E-state index in [1.54, 1.807) is 12.1 Å². The Morgan fingerprint density at radius 1 is 1.05 bits per heavy atom. The molecule has 3 rings (SSSR count). The van der Waals surface area contributed by atoms with Gasteiger partial charge in [0.2, 0.25) is 0 Å². The van der Waals surface area contributed by atoms with E-state index in [4.69, 9.17) is 0 Å². The predicted octanol–water partition coefficient (Wildman–Crippen LogP) is 4.37. The minimum atomic E-state index is -0.603. The zero-order valence-corrected chi connectivity index (χ0v) is 11.9. The lowest BCUT2D eigenvalue weighted by molar-refractivity contribution is 0.103. The first-order valence-electron chi connectivity index (χ1n) is 5.99. The Bertz CT molecular complexity index is 816. The summed E-state index contributed by atoms with van der Waals surface area (Å²) >= 11 is 3.40. The Balaban J connectivity index is 2.09. The molecule has 4 heteroatoms. The fourth-order valence-electron chi connectivity index (χ4n) is 2.07. The second-order valence-electron chi connectivity index (χ2n) is 4.39. The number of benzene rings is 2. The van der Waals surface area contributed by atoms with Crippen molar-refractivity contribution in [3.63, 3.8) is 0 Å². The van der Waals surface area contributed by atoms with Crippen molar-refractivity contribution in [3.8, 4) is 0 Å². The highest BCUT2D eigenvalue weighted by Crippen LogP contribution is 2.22. The predicted molar refractivity (Wildman–Crippen MR) is 79.3 cm³/mol. The second kappa shape index (κ2) is 5.13. The van der Waals surface area contributed by atoms with Crippen molar-refractivity contribution in [3.05, 3.63) is 76.3 Å². The molecule has 0 fully saturated rings. The number of carbonyl (C=O) groups excluding carboxylic acids is 1. The number of hydrogen-bond donors (Lipinski definition) is 0. The van der Waals surface area contributed by atoms with Gasteiger partial charge in [-0.1, -0.05) is 34.1 Å². The number of nitrogens with zero attached hydrogens (tertiary/aromatic N) is 1. The van der Waals surface area contributed by atoms with Gasteiger partial charge in [0.1, 0.15) is 0 Å². The number of aromatic nitrogens is 1. The van der Waals surface area contributed by atoms with E-state index in [1.165, 1.54) is 12.3 Å². The van der Waals surface area contributed by atoms with Crippen LogP contribution in [0.2, 0.25) is 0 Å². The molecular formula is C16H9BrFNO. The normalized spacial score (nSPS) is 10.7. The number of fused-ring (bicyclic) bond motifs is 1. The third kappa shape index (κ3) is 2.34. The molecule has 0 spiro atoms. The van der Waals surface area contributed by atoms with Crippen molar-refractivity contribution in [2.75, 3.05) is 0 Å². The first-order valence-corrected chi connectivity index (χ1v) is 6.78. The fourth-order valence-corrected chi connectivity index (χ4v) is 2.45. The summed E-state index contributed by atoms with van der Waals surface area (Å²) < 4.78 is 14.6. The maximum atomic E-state index is 13.6. The molecule has 2 aromatic carbocycles. The molecular weight excluding hydrogens is 321 g/mol. The SMILES string of the molecule is O=C(c1ccc2cc(Br)ccc2c1)c1ccncc1F. The van der Waals surface area contributed by atoms with Crippen LogP contribution in [0.1, 0.15) is 15.9 Å². The van der Waals surface area contributed by atoms with Crippen LogP contribution in [0.15, 0.2) is 59.3 Å². The molecule has 0 amide bonds. The van der Waals surface area contributed by atoms with E-state index in [0.717, 1.165) is 21.4 Å². The third-order valence-corrected chi connectivity index (χ3v) is 3.57. The summed E-state index contributed by atoms with van der Waals surface area (Å²) in [4.78, 5) is 15.9. The molecule has 0 radical (unpaired) electrons. The van der Waals surface area contributed by atoms with Gasteiger partial charge in [-0.05, 0) is 35.0 Å². The van der Waals surface area contributed by atoms with Gasteiger partial charge in [-0.15, -0.1) is 0 Å². The summed E-state index contributed by atoms with van der Waals surface area (Å²) in [7, 11) is 0.